The molecule has 2 atom stereocenters. The van der Waals surface area contributed by atoms with Gasteiger partial charge in [-0.1, -0.05) is 6.92 Å². The zero-order valence-electron chi connectivity index (χ0n) is 9.86. The number of rotatable bonds is 3. The highest BCUT2D eigenvalue weighted by molar-refractivity contribution is 6.02. The van der Waals surface area contributed by atoms with Crippen LogP contribution in [0, 0.1) is 0 Å². The number of carbonyl (C=O) groups is 3. The molecule has 0 bridgehead atoms. The van der Waals surface area contributed by atoms with Crippen LogP contribution in [0.5, 0.6) is 0 Å². The number of piperidine rings is 1. The summed E-state index contributed by atoms with van der Waals surface area (Å²) < 4.78 is 0. The minimum atomic E-state index is -0.469. The van der Waals surface area contributed by atoms with E-state index in [2.05, 4.69) is 10.6 Å². The van der Waals surface area contributed by atoms with Crippen LogP contribution in [0.3, 0.4) is 0 Å². The van der Waals surface area contributed by atoms with Crippen LogP contribution in [-0.4, -0.2) is 47.8 Å². The van der Waals surface area contributed by atoms with Crippen molar-refractivity contribution in [2.75, 3.05) is 13.1 Å². The molecule has 2 N–H and O–H groups in total. The number of imide groups is 1. The van der Waals surface area contributed by atoms with Gasteiger partial charge in [-0.25, -0.2) is 0 Å². The van der Waals surface area contributed by atoms with Gasteiger partial charge in [0.05, 0.1) is 6.04 Å². The summed E-state index contributed by atoms with van der Waals surface area (Å²) in [4.78, 5) is 36.3. The van der Waals surface area contributed by atoms with Crippen molar-refractivity contribution >= 4 is 17.7 Å². The summed E-state index contributed by atoms with van der Waals surface area (Å²) in [5.41, 5.74) is 0. The second kappa shape index (κ2) is 4.83. The molecule has 0 aliphatic carbocycles. The lowest BCUT2D eigenvalue weighted by Crippen LogP contribution is -2.54. The largest absolute Gasteiger partial charge is 0.329 e. The lowest BCUT2D eigenvalue weighted by Gasteiger charge is -2.29. The second-order valence-electron chi connectivity index (χ2n) is 4.40. The zero-order chi connectivity index (χ0) is 12.4. The molecule has 0 aromatic rings. The van der Waals surface area contributed by atoms with Gasteiger partial charge in [-0.3, -0.25) is 19.7 Å². The first-order valence-corrected chi connectivity index (χ1v) is 6.01. The number of nitrogens with one attached hydrogen (secondary N) is 2. The third-order valence-electron chi connectivity index (χ3n) is 3.28. The predicted molar refractivity (Wildman–Crippen MR) is 60.0 cm³/mol. The van der Waals surface area contributed by atoms with E-state index in [0.29, 0.717) is 19.4 Å². The highest BCUT2D eigenvalue weighted by Gasteiger charge is 2.40. The van der Waals surface area contributed by atoms with Gasteiger partial charge in [-0.2, -0.15) is 0 Å². The van der Waals surface area contributed by atoms with Crippen LogP contribution in [0.25, 0.3) is 0 Å². The molecular formula is C11H17N3O3. The number of amides is 3. The lowest BCUT2D eigenvalue weighted by atomic mass is 10.0. The Balaban J connectivity index is 2.01. The molecule has 0 saturated carbocycles. The van der Waals surface area contributed by atoms with Crippen molar-refractivity contribution in [3.05, 3.63) is 0 Å². The summed E-state index contributed by atoms with van der Waals surface area (Å²) in [5, 5.41) is 5.38. The first-order chi connectivity index (χ1) is 8.13. The molecule has 6 heteroatoms. The molecule has 6 nitrogen and oxygen atoms in total. The van der Waals surface area contributed by atoms with E-state index in [9.17, 15) is 14.4 Å². The van der Waals surface area contributed by atoms with Crippen molar-refractivity contribution in [2.24, 2.45) is 0 Å². The molecule has 0 aromatic heterocycles. The van der Waals surface area contributed by atoms with E-state index in [1.165, 1.54) is 0 Å². The standard InChI is InChI=1S/C11H17N3O3/c1-2-12-7-5-6-14(11(7)17)8-3-4-9(15)13-10(8)16/h7-8,12H,2-6H2,1H3,(H,13,15,16). The molecule has 2 saturated heterocycles. The van der Waals surface area contributed by atoms with Crippen molar-refractivity contribution < 1.29 is 14.4 Å². The average molecular weight is 239 g/mol. The Morgan fingerprint density at radius 3 is 2.76 bits per heavy atom. The first-order valence-electron chi connectivity index (χ1n) is 6.01. The van der Waals surface area contributed by atoms with E-state index in [4.69, 9.17) is 0 Å². The van der Waals surface area contributed by atoms with Crippen molar-refractivity contribution in [2.45, 2.75) is 38.3 Å². The average Bonchev–Trinajstić information content (AvgIpc) is 2.62. The van der Waals surface area contributed by atoms with Gasteiger partial charge in [0.1, 0.15) is 6.04 Å². The van der Waals surface area contributed by atoms with Crippen LogP contribution in [-0.2, 0) is 14.4 Å². The van der Waals surface area contributed by atoms with Crippen molar-refractivity contribution in [3.63, 3.8) is 0 Å². The molecule has 2 fully saturated rings. The first kappa shape index (κ1) is 12.0. The summed E-state index contributed by atoms with van der Waals surface area (Å²) in [7, 11) is 0. The Kier molecular flexibility index (Phi) is 3.42. The molecule has 2 heterocycles. The summed E-state index contributed by atoms with van der Waals surface area (Å²) in [6.07, 6.45) is 1.48. The molecule has 2 aliphatic rings. The number of hydrogen-bond donors (Lipinski definition) is 2. The smallest absolute Gasteiger partial charge is 0.249 e. The molecule has 0 aromatic carbocycles. The third-order valence-corrected chi connectivity index (χ3v) is 3.28. The number of carbonyl (C=O) groups excluding carboxylic acids is 3. The monoisotopic (exact) mass is 239 g/mol. The van der Waals surface area contributed by atoms with Gasteiger partial charge in [0.2, 0.25) is 17.7 Å². The number of likely N-dealkylation sites (tertiary alicyclic amines) is 1. The highest BCUT2D eigenvalue weighted by Crippen LogP contribution is 2.19. The van der Waals surface area contributed by atoms with Gasteiger partial charge in [0.25, 0.3) is 0 Å². The van der Waals surface area contributed by atoms with Crippen LogP contribution in [0.1, 0.15) is 26.2 Å². The van der Waals surface area contributed by atoms with Crippen molar-refractivity contribution in [1.82, 2.24) is 15.5 Å². The molecule has 2 aliphatic heterocycles. The van der Waals surface area contributed by atoms with E-state index in [0.717, 1.165) is 13.0 Å². The van der Waals surface area contributed by atoms with E-state index in [1.54, 1.807) is 4.90 Å². The molecular weight excluding hydrogens is 222 g/mol. The minimum Gasteiger partial charge on any atom is -0.329 e. The van der Waals surface area contributed by atoms with Crippen LogP contribution in [0.2, 0.25) is 0 Å². The van der Waals surface area contributed by atoms with Crippen molar-refractivity contribution in [3.8, 4) is 0 Å². The van der Waals surface area contributed by atoms with E-state index in [-0.39, 0.29) is 23.8 Å². The minimum absolute atomic E-state index is 0.0265. The normalized spacial score (nSPS) is 29.7. The quantitative estimate of drug-likeness (QED) is 0.619. The van der Waals surface area contributed by atoms with Crippen molar-refractivity contribution in [1.29, 1.82) is 0 Å². The Labute approximate surface area is 99.7 Å². The Morgan fingerprint density at radius 2 is 2.12 bits per heavy atom. The third kappa shape index (κ3) is 2.31. The number of hydrogen-bond acceptors (Lipinski definition) is 4. The maximum absolute atomic E-state index is 12.0. The Bertz CT molecular complexity index is 356. The fourth-order valence-electron chi connectivity index (χ4n) is 2.43. The van der Waals surface area contributed by atoms with Gasteiger partial charge < -0.3 is 10.2 Å². The van der Waals surface area contributed by atoms with Gasteiger partial charge >= 0.3 is 0 Å². The second-order valence-corrected chi connectivity index (χ2v) is 4.40. The van der Waals surface area contributed by atoms with Crippen LogP contribution < -0.4 is 10.6 Å². The van der Waals surface area contributed by atoms with E-state index < -0.39 is 6.04 Å². The van der Waals surface area contributed by atoms with Gasteiger partial charge in [-0.15, -0.1) is 0 Å². The summed E-state index contributed by atoms with van der Waals surface area (Å²) in [6.45, 7) is 3.27. The van der Waals surface area contributed by atoms with E-state index in [1.807, 2.05) is 6.92 Å². The maximum atomic E-state index is 12.0. The lowest BCUT2D eigenvalue weighted by molar-refractivity contribution is -0.144. The predicted octanol–water partition coefficient (Wildman–Crippen LogP) is -0.998. The SMILES string of the molecule is CCNC1CCN(C2CCC(=O)NC2=O)C1=O. The molecule has 0 radical (unpaired) electrons. The topological polar surface area (TPSA) is 78.5 Å². The number of likely N-dealkylation sites (N-methyl/N-ethyl adjacent to an activating group) is 1. The summed E-state index contributed by atoms with van der Waals surface area (Å²) >= 11 is 0. The molecule has 2 rings (SSSR count). The van der Waals surface area contributed by atoms with Crippen LogP contribution >= 0.6 is 0 Å². The van der Waals surface area contributed by atoms with Crippen LogP contribution in [0.15, 0.2) is 0 Å². The summed E-state index contributed by atoms with van der Waals surface area (Å²) in [6, 6.07) is -0.644. The van der Waals surface area contributed by atoms with E-state index >= 15 is 0 Å². The Morgan fingerprint density at radius 1 is 1.35 bits per heavy atom. The molecule has 3 amide bonds. The molecule has 0 spiro atoms. The highest BCUT2D eigenvalue weighted by atomic mass is 16.2. The summed E-state index contributed by atoms with van der Waals surface area (Å²) in [5.74, 6) is -0.616. The van der Waals surface area contributed by atoms with Crippen LogP contribution in [0.4, 0.5) is 0 Å². The molecule has 2 unspecified atom stereocenters. The zero-order valence-corrected chi connectivity index (χ0v) is 9.86. The number of nitrogens with zero attached hydrogens (tertiary/aromatic N) is 1. The fourth-order valence-corrected chi connectivity index (χ4v) is 2.43. The van der Waals surface area contributed by atoms with Gasteiger partial charge in [-0.05, 0) is 19.4 Å². The van der Waals surface area contributed by atoms with Gasteiger partial charge in [0.15, 0.2) is 0 Å². The molecule has 17 heavy (non-hydrogen) atoms. The molecule has 94 valence electrons. The maximum Gasteiger partial charge on any atom is 0.249 e. The van der Waals surface area contributed by atoms with Gasteiger partial charge in [0, 0.05) is 13.0 Å². The fraction of sp³-hybridized carbons (Fsp3) is 0.727. The Hall–Kier alpha value is -1.43.